The number of nitrogens with zero attached hydrogens (tertiary/aromatic N) is 2. The van der Waals surface area contributed by atoms with Gasteiger partial charge >= 0.3 is 5.97 Å². The molecule has 0 spiro atoms. The molecule has 140 valence electrons. The lowest BCUT2D eigenvalue weighted by Gasteiger charge is -2.12. The summed E-state index contributed by atoms with van der Waals surface area (Å²) in [5, 5.41) is 15.7. The standard InChI is InChI=1S/C20H21N3O3S/c1-11(24)21-20-22-15(10-27-20)18-17(12-5-3-4-6-12)14-8-7-13(19(25)26)9-16(14)23(18)2/h7-10,12H,3-6H2,1-2H3,(H,25,26)(H,21,22,24). The Morgan fingerprint density at radius 1 is 1.30 bits per heavy atom. The van der Waals surface area contributed by atoms with Crippen molar-refractivity contribution >= 4 is 39.2 Å². The Morgan fingerprint density at radius 2 is 2.04 bits per heavy atom. The summed E-state index contributed by atoms with van der Waals surface area (Å²) in [6, 6.07) is 5.34. The zero-order valence-electron chi connectivity index (χ0n) is 15.3. The molecule has 1 saturated carbocycles. The molecule has 0 unspecified atom stereocenters. The number of hydrogen-bond donors (Lipinski definition) is 2. The third kappa shape index (κ3) is 3.12. The fraction of sp³-hybridized carbons (Fsp3) is 0.350. The number of aromatic nitrogens is 2. The molecule has 2 N–H and O–H groups in total. The topological polar surface area (TPSA) is 84.2 Å². The van der Waals surface area contributed by atoms with Gasteiger partial charge in [-0.1, -0.05) is 18.9 Å². The SMILES string of the molecule is CC(=O)Nc1nc(-c2c(C3CCCC3)c3ccc(C(=O)O)cc3n2C)cs1. The first-order chi connectivity index (χ1) is 13.0. The van der Waals surface area contributed by atoms with Crippen molar-refractivity contribution in [3.63, 3.8) is 0 Å². The Morgan fingerprint density at radius 3 is 2.70 bits per heavy atom. The monoisotopic (exact) mass is 383 g/mol. The van der Waals surface area contributed by atoms with E-state index in [1.807, 2.05) is 23.1 Å². The molecule has 4 rings (SSSR count). The first kappa shape index (κ1) is 17.7. The van der Waals surface area contributed by atoms with Gasteiger partial charge in [0.25, 0.3) is 0 Å². The maximum absolute atomic E-state index is 11.4. The molecule has 6 nitrogen and oxygen atoms in total. The Labute approximate surface area is 160 Å². The molecule has 1 fully saturated rings. The second-order valence-corrected chi connectivity index (χ2v) is 7.92. The number of amides is 1. The average Bonchev–Trinajstić information content (AvgIpc) is 3.34. The summed E-state index contributed by atoms with van der Waals surface area (Å²) in [5.41, 5.74) is 4.28. The van der Waals surface area contributed by atoms with Crippen molar-refractivity contribution in [3.05, 3.63) is 34.7 Å². The zero-order valence-corrected chi connectivity index (χ0v) is 16.1. The number of nitrogens with one attached hydrogen (secondary N) is 1. The minimum atomic E-state index is -0.927. The van der Waals surface area contributed by atoms with Gasteiger partial charge in [0.1, 0.15) is 5.69 Å². The number of rotatable bonds is 4. The highest BCUT2D eigenvalue weighted by Gasteiger charge is 2.28. The maximum atomic E-state index is 11.4. The predicted molar refractivity (Wildman–Crippen MR) is 106 cm³/mol. The van der Waals surface area contributed by atoms with Gasteiger partial charge < -0.3 is 15.0 Å². The van der Waals surface area contributed by atoms with Crippen LogP contribution in [-0.2, 0) is 11.8 Å². The van der Waals surface area contributed by atoms with Crippen molar-refractivity contribution in [1.29, 1.82) is 0 Å². The smallest absolute Gasteiger partial charge is 0.335 e. The van der Waals surface area contributed by atoms with Gasteiger partial charge in [-0.2, -0.15) is 0 Å². The van der Waals surface area contributed by atoms with Crippen LogP contribution in [0, 0.1) is 0 Å². The third-order valence-electron chi connectivity index (χ3n) is 5.28. The van der Waals surface area contributed by atoms with Crippen molar-refractivity contribution in [3.8, 4) is 11.4 Å². The molecule has 27 heavy (non-hydrogen) atoms. The molecule has 1 aliphatic rings. The van der Waals surface area contributed by atoms with Gasteiger partial charge in [-0.05, 0) is 36.5 Å². The molecule has 1 amide bonds. The van der Waals surface area contributed by atoms with Crippen LogP contribution in [0.15, 0.2) is 23.6 Å². The maximum Gasteiger partial charge on any atom is 0.335 e. The van der Waals surface area contributed by atoms with E-state index in [-0.39, 0.29) is 11.5 Å². The second kappa shape index (κ2) is 6.81. The molecule has 1 aromatic carbocycles. The van der Waals surface area contributed by atoms with Crippen molar-refractivity contribution in [1.82, 2.24) is 9.55 Å². The zero-order chi connectivity index (χ0) is 19.1. The van der Waals surface area contributed by atoms with Crippen LogP contribution in [0.5, 0.6) is 0 Å². The average molecular weight is 383 g/mol. The molecule has 0 radical (unpaired) electrons. The van der Waals surface area contributed by atoms with Gasteiger partial charge in [0.2, 0.25) is 5.91 Å². The van der Waals surface area contributed by atoms with E-state index in [1.165, 1.54) is 36.7 Å². The summed E-state index contributed by atoms with van der Waals surface area (Å²) in [6.07, 6.45) is 4.69. The molecule has 7 heteroatoms. The van der Waals surface area contributed by atoms with Gasteiger partial charge in [-0.3, -0.25) is 4.79 Å². The number of aryl methyl sites for hydroxylation is 1. The molecule has 2 aromatic heterocycles. The number of carboxylic acids is 1. The highest BCUT2D eigenvalue weighted by molar-refractivity contribution is 7.14. The van der Waals surface area contributed by atoms with Crippen LogP contribution < -0.4 is 5.32 Å². The quantitative estimate of drug-likeness (QED) is 0.689. The highest BCUT2D eigenvalue weighted by atomic mass is 32.1. The van der Waals surface area contributed by atoms with Gasteiger partial charge in [0.15, 0.2) is 5.13 Å². The first-order valence-electron chi connectivity index (χ1n) is 9.05. The number of thiazole rings is 1. The lowest BCUT2D eigenvalue weighted by atomic mass is 9.93. The summed E-state index contributed by atoms with van der Waals surface area (Å²) >= 11 is 1.40. The van der Waals surface area contributed by atoms with Crippen LogP contribution in [-0.4, -0.2) is 26.5 Å². The number of hydrogen-bond acceptors (Lipinski definition) is 4. The summed E-state index contributed by atoms with van der Waals surface area (Å²) < 4.78 is 2.04. The third-order valence-corrected chi connectivity index (χ3v) is 6.04. The van der Waals surface area contributed by atoms with E-state index < -0.39 is 5.97 Å². The van der Waals surface area contributed by atoms with Crippen LogP contribution >= 0.6 is 11.3 Å². The van der Waals surface area contributed by atoms with E-state index in [0.717, 1.165) is 35.1 Å². The fourth-order valence-corrected chi connectivity index (χ4v) is 4.87. The predicted octanol–water partition coefficient (Wildman–Crippen LogP) is 4.62. The molecule has 0 atom stereocenters. The summed E-state index contributed by atoms with van der Waals surface area (Å²) in [7, 11) is 1.96. The highest BCUT2D eigenvalue weighted by Crippen LogP contribution is 2.45. The van der Waals surface area contributed by atoms with E-state index in [4.69, 9.17) is 0 Å². The molecular formula is C20H21N3O3S. The van der Waals surface area contributed by atoms with Gasteiger partial charge in [0, 0.05) is 30.3 Å². The summed E-state index contributed by atoms with van der Waals surface area (Å²) in [5.74, 6) is -0.621. The first-order valence-corrected chi connectivity index (χ1v) is 9.92. The van der Waals surface area contributed by atoms with Gasteiger partial charge in [-0.25, -0.2) is 9.78 Å². The van der Waals surface area contributed by atoms with Crippen molar-refractivity contribution in [2.75, 3.05) is 5.32 Å². The summed E-state index contributed by atoms with van der Waals surface area (Å²) in [6.45, 7) is 1.47. The van der Waals surface area contributed by atoms with Crippen LogP contribution in [0.25, 0.3) is 22.3 Å². The van der Waals surface area contributed by atoms with E-state index in [9.17, 15) is 14.7 Å². The fourth-order valence-electron chi connectivity index (χ4n) is 4.13. The van der Waals surface area contributed by atoms with Gasteiger partial charge in [-0.15, -0.1) is 11.3 Å². The lowest BCUT2D eigenvalue weighted by Crippen LogP contribution is -2.05. The lowest BCUT2D eigenvalue weighted by molar-refractivity contribution is -0.114. The van der Waals surface area contributed by atoms with Crippen LogP contribution in [0.1, 0.15) is 54.4 Å². The largest absolute Gasteiger partial charge is 0.478 e. The van der Waals surface area contributed by atoms with Crippen molar-refractivity contribution in [2.24, 2.45) is 7.05 Å². The van der Waals surface area contributed by atoms with E-state index in [0.29, 0.717) is 11.0 Å². The Balaban J connectivity index is 1.93. The van der Waals surface area contributed by atoms with Gasteiger partial charge in [0.05, 0.1) is 11.3 Å². The Bertz CT molecular complexity index is 1040. The van der Waals surface area contributed by atoms with Crippen molar-refractivity contribution in [2.45, 2.75) is 38.5 Å². The minimum absolute atomic E-state index is 0.143. The number of aromatic carboxylic acids is 1. The molecule has 1 aliphatic carbocycles. The second-order valence-electron chi connectivity index (χ2n) is 7.06. The van der Waals surface area contributed by atoms with Crippen LogP contribution in [0.4, 0.5) is 5.13 Å². The Hall–Kier alpha value is -2.67. The molecule has 2 heterocycles. The molecular weight excluding hydrogens is 362 g/mol. The minimum Gasteiger partial charge on any atom is -0.478 e. The number of benzene rings is 1. The number of fused-ring (bicyclic) bond motifs is 1. The summed E-state index contributed by atoms with van der Waals surface area (Å²) in [4.78, 5) is 27.4. The molecule has 0 bridgehead atoms. The van der Waals surface area contributed by atoms with Crippen LogP contribution in [0.3, 0.4) is 0 Å². The number of anilines is 1. The number of carboxylic acid groups (broad SMARTS) is 1. The van der Waals surface area contributed by atoms with E-state index >= 15 is 0 Å². The normalized spacial score (nSPS) is 14.7. The van der Waals surface area contributed by atoms with E-state index in [2.05, 4.69) is 10.3 Å². The molecule has 0 saturated heterocycles. The number of carbonyl (C=O) groups excluding carboxylic acids is 1. The van der Waals surface area contributed by atoms with E-state index in [1.54, 1.807) is 12.1 Å². The van der Waals surface area contributed by atoms with Crippen molar-refractivity contribution < 1.29 is 14.7 Å². The number of carbonyl (C=O) groups is 2. The Kier molecular flexibility index (Phi) is 4.47. The molecule has 3 aromatic rings. The molecule has 0 aliphatic heterocycles. The van der Waals surface area contributed by atoms with Crippen LogP contribution in [0.2, 0.25) is 0 Å².